The van der Waals surface area contributed by atoms with Crippen molar-refractivity contribution < 1.29 is 18.3 Å². The van der Waals surface area contributed by atoms with Gasteiger partial charge in [0.05, 0.1) is 18.2 Å². The van der Waals surface area contributed by atoms with Crippen LogP contribution in [0.2, 0.25) is 0 Å². The van der Waals surface area contributed by atoms with Crippen LogP contribution >= 0.6 is 0 Å². The second kappa shape index (κ2) is 4.97. The van der Waals surface area contributed by atoms with Crippen LogP contribution in [0, 0.1) is 11.6 Å². The van der Waals surface area contributed by atoms with Gasteiger partial charge in [0.1, 0.15) is 17.3 Å². The molecular weight excluding hydrogens is 278 g/mol. The summed E-state index contributed by atoms with van der Waals surface area (Å²) in [5.74, 6) is -1.89. The zero-order valence-electron chi connectivity index (χ0n) is 11.0. The van der Waals surface area contributed by atoms with Crippen molar-refractivity contribution in [1.82, 2.24) is 10.2 Å². The molecule has 0 aliphatic heterocycles. The molecule has 106 valence electrons. The van der Waals surface area contributed by atoms with Crippen molar-refractivity contribution in [2.24, 2.45) is 0 Å². The zero-order valence-corrected chi connectivity index (χ0v) is 11.0. The van der Waals surface area contributed by atoms with Crippen molar-refractivity contribution in [1.29, 1.82) is 0 Å². The van der Waals surface area contributed by atoms with Gasteiger partial charge < -0.3 is 4.74 Å². The number of fused-ring (bicyclic) bond motifs is 1. The van der Waals surface area contributed by atoms with E-state index < -0.39 is 17.6 Å². The summed E-state index contributed by atoms with van der Waals surface area (Å²) in [6.07, 6.45) is 0. The molecule has 4 nitrogen and oxygen atoms in total. The third-order valence-corrected chi connectivity index (χ3v) is 3.15. The van der Waals surface area contributed by atoms with Crippen molar-refractivity contribution in [2.45, 2.75) is 0 Å². The van der Waals surface area contributed by atoms with Gasteiger partial charge in [-0.3, -0.25) is 5.10 Å². The van der Waals surface area contributed by atoms with Gasteiger partial charge in [-0.05, 0) is 18.2 Å². The van der Waals surface area contributed by atoms with Crippen molar-refractivity contribution in [2.75, 3.05) is 7.11 Å². The summed E-state index contributed by atoms with van der Waals surface area (Å²) in [4.78, 5) is 11.5. The van der Waals surface area contributed by atoms with Crippen LogP contribution in [0.5, 0.6) is 0 Å². The van der Waals surface area contributed by atoms with Crippen LogP contribution in [0.1, 0.15) is 10.4 Å². The highest BCUT2D eigenvalue weighted by Crippen LogP contribution is 2.28. The molecule has 0 unspecified atom stereocenters. The van der Waals surface area contributed by atoms with Crippen LogP contribution in [0.3, 0.4) is 0 Å². The predicted octanol–water partition coefficient (Wildman–Crippen LogP) is 3.29. The van der Waals surface area contributed by atoms with E-state index in [0.717, 1.165) is 6.07 Å². The minimum absolute atomic E-state index is 0.191. The molecule has 3 aromatic rings. The molecule has 1 aromatic heterocycles. The van der Waals surface area contributed by atoms with Crippen LogP contribution in [0.25, 0.3) is 22.2 Å². The lowest BCUT2D eigenvalue weighted by molar-refractivity contribution is 0.0596. The first-order chi connectivity index (χ1) is 10.1. The average Bonchev–Trinajstić information content (AvgIpc) is 2.88. The predicted molar refractivity (Wildman–Crippen MR) is 72.8 cm³/mol. The number of ether oxygens (including phenoxy) is 1. The lowest BCUT2D eigenvalue weighted by atomic mass is 10.1. The van der Waals surface area contributed by atoms with E-state index >= 15 is 0 Å². The van der Waals surface area contributed by atoms with E-state index in [-0.39, 0.29) is 5.56 Å². The molecule has 1 N–H and O–H groups in total. The molecule has 1 heterocycles. The fourth-order valence-corrected chi connectivity index (χ4v) is 2.16. The van der Waals surface area contributed by atoms with Gasteiger partial charge in [-0.1, -0.05) is 12.1 Å². The summed E-state index contributed by atoms with van der Waals surface area (Å²) < 4.78 is 31.7. The lowest BCUT2D eigenvalue weighted by Gasteiger charge is -2.03. The fourth-order valence-electron chi connectivity index (χ4n) is 2.16. The van der Waals surface area contributed by atoms with Crippen molar-refractivity contribution >= 4 is 16.9 Å². The zero-order chi connectivity index (χ0) is 15.0. The summed E-state index contributed by atoms with van der Waals surface area (Å²) >= 11 is 0. The third-order valence-electron chi connectivity index (χ3n) is 3.15. The Labute approximate surface area is 118 Å². The molecule has 6 heteroatoms. The molecule has 21 heavy (non-hydrogen) atoms. The van der Waals surface area contributed by atoms with Gasteiger partial charge in [0, 0.05) is 17.0 Å². The Bertz CT molecular complexity index is 843. The molecule has 0 radical (unpaired) electrons. The number of H-pyrrole nitrogens is 1. The number of aromatic amines is 1. The smallest absolute Gasteiger partial charge is 0.340 e. The Kier molecular flexibility index (Phi) is 3.13. The van der Waals surface area contributed by atoms with E-state index in [4.69, 9.17) is 0 Å². The maximum Gasteiger partial charge on any atom is 0.340 e. The highest BCUT2D eigenvalue weighted by molar-refractivity contribution is 5.99. The number of halogens is 2. The van der Waals surface area contributed by atoms with Crippen LogP contribution in [-0.2, 0) is 4.74 Å². The summed E-state index contributed by atoms with van der Waals surface area (Å²) in [7, 11) is 1.18. The van der Waals surface area contributed by atoms with E-state index in [9.17, 15) is 13.6 Å². The second-order valence-corrected chi connectivity index (χ2v) is 4.45. The molecule has 0 fully saturated rings. The molecule has 0 aliphatic rings. The summed E-state index contributed by atoms with van der Waals surface area (Å²) in [5, 5.41) is 7.25. The molecule has 0 spiro atoms. The maximum absolute atomic E-state index is 13.8. The van der Waals surface area contributed by atoms with Crippen molar-refractivity contribution in [3.8, 4) is 11.3 Å². The number of nitrogens with one attached hydrogen (secondary N) is 1. The van der Waals surface area contributed by atoms with Gasteiger partial charge in [0.2, 0.25) is 0 Å². The number of esters is 1. The molecule has 0 saturated carbocycles. The van der Waals surface area contributed by atoms with E-state index in [0.29, 0.717) is 22.2 Å². The van der Waals surface area contributed by atoms with Gasteiger partial charge >= 0.3 is 5.97 Å². The number of methoxy groups -OCH3 is 1. The Hall–Kier alpha value is -2.76. The van der Waals surface area contributed by atoms with Gasteiger partial charge in [-0.25, -0.2) is 13.6 Å². The van der Waals surface area contributed by atoms with Gasteiger partial charge in [0.25, 0.3) is 0 Å². The summed E-state index contributed by atoms with van der Waals surface area (Å²) in [6.45, 7) is 0. The minimum atomic E-state index is -0.777. The van der Waals surface area contributed by atoms with Crippen LogP contribution in [0.4, 0.5) is 8.78 Å². The Morgan fingerprint density at radius 3 is 2.76 bits per heavy atom. The molecule has 3 rings (SSSR count). The Morgan fingerprint density at radius 1 is 1.24 bits per heavy atom. The van der Waals surface area contributed by atoms with Crippen LogP contribution in [0.15, 0.2) is 36.4 Å². The standard InChI is InChI=1S/C15H10F2N2O2/c1-21-15(20)10-6-11-13(7-12(10)17)18-19-14(11)8-3-2-4-9(16)5-8/h2-7H,1H3,(H,18,19). The SMILES string of the molecule is COC(=O)c1cc2c(-c3cccc(F)c3)n[nH]c2cc1F. The molecule has 0 saturated heterocycles. The number of hydrogen-bond acceptors (Lipinski definition) is 3. The number of benzene rings is 2. The Balaban J connectivity index is 2.23. The first kappa shape index (κ1) is 13.2. The average molecular weight is 288 g/mol. The molecule has 0 atom stereocenters. The molecular formula is C15H10F2N2O2. The highest BCUT2D eigenvalue weighted by Gasteiger charge is 2.17. The topological polar surface area (TPSA) is 55.0 Å². The number of aromatic nitrogens is 2. The fraction of sp³-hybridized carbons (Fsp3) is 0.0667. The molecule has 0 amide bonds. The monoisotopic (exact) mass is 288 g/mol. The lowest BCUT2D eigenvalue weighted by Crippen LogP contribution is -2.04. The van der Waals surface area contributed by atoms with Gasteiger partial charge in [-0.2, -0.15) is 5.10 Å². The largest absolute Gasteiger partial charge is 0.465 e. The van der Waals surface area contributed by atoms with E-state index in [1.807, 2.05) is 0 Å². The van der Waals surface area contributed by atoms with E-state index in [2.05, 4.69) is 14.9 Å². The van der Waals surface area contributed by atoms with Gasteiger partial charge in [-0.15, -0.1) is 0 Å². The molecule has 0 aliphatic carbocycles. The van der Waals surface area contributed by atoms with E-state index in [1.165, 1.54) is 25.3 Å². The van der Waals surface area contributed by atoms with Crippen LogP contribution < -0.4 is 0 Å². The van der Waals surface area contributed by atoms with Crippen LogP contribution in [-0.4, -0.2) is 23.3 Å². The number of carbonyl (C=O) groups excluding carboxylic acids is 1. The number of rotatable bonds is 2. The summed E-state index contributed by atoms with van der Waals surface area (Å²) in [5.41, 5.74) is 1.20. The second-order valence-electron chi connectivity index (χ2n) is 4.45. The number of hydrogen-bond donors (Lipinski definition) is 1. The molecule has 2 aromatic carbocycles. The van der Waals surface area contributed by atoms with Crippen molar-refractivity contribution in [3.63, 3.8) is 0 Å². The minimum Gasteiger partial charge on any atom is -0.465 e. The highest BCUT2D eigenvalue weighted by atomic mass is 19.1. The quantitative estimate of drug-likeness (QED) is 0.736. The normalized spacial score (nSPS) is 10.8. The third kappa shape index (κ3) is 2.24. The Morgan fingerprint density at radius 2 is 2.05 bits per heavy atom. The molecule has 0 bridgehead atoms. The maximum atomic E-state index is 13.8. The van der Waals surface area contributed by atoms with E-state index in [1.54, 1.807) is 12.1 Å². The van der Waals surface area contributed by atoms with Gasteiger partial charge in [0.15, 0.2) is 0 Å². The first-order valence-corrected chi connectivity index (χ1v) is 6.12. The first-order valence-electron chi connectivity index (χ1n) is 6.12. The number of nitrogens with zero attached hydrogens (tertiary/aromatic N) is 1. The number of carbonyl (C=O) groups is 1. The van der Waals surface area contributed by atoms with Crippen molar-refractivity contribution in [3.05, 3.63) is 53.6 Å². The summed E-state index contributed by atoms with van der Waals surface area (Å²) in [6, 6.07) is 8.38.